The van der Waals surface area contributed by atoms with Crippen LogP contribution in [0.15, 0.2) is 28.2 Å². The Morgan fingerprint density at radius 1 is 1.50 bits per heavy atom. The third-order valence-electron chi connectivity index (χ3n) is 1.48. The van der Waals surface area contributed by atoms with Crippen LogP contribution in [0.2, 0.25) is 0 Å². The average molecular weight is 228 g/mol. The Balaban J connectivity index is 3.48. The van der Waals surface area contributed by atoms with E-state index >= 15 is 0 Å². The maximum atomic E-state index is 13.0. The van der Waals surface area contributed by atoms with Crippen molar-refractivity contribution in [2.75, 3.05) is 0 Å². The standard InChI is InChI=1S/C9H7BrFN/c1-3-6-7(10)4-5-8(11)9(6)12-2/h3-5H,1-2H2. The number of aliphatic imine (C=N–C) groups is 1. The zero-order valence-electron chi connectivity index (χ0n) is 6.35. The van der Waals surface area contributed by atoms with Crippen molar-refractivity contribution in [1.82, 2.24) is 0 Å². The van der Waals surface area contributed by atoms with E-state index in [4.69, 9.17) is 0 Å². The molecule has 12 heavy (non-hydrogen) atoms. The average Bonchev–Trinajstić information content (AvgIpc) is 2.08. The van der Waals surface area contributed by atoms with Crippen LogP contribution >= 0.6 is 15.9 Å². The fourth-order valence-corrected chi connectivity index (χ4v) is 1.39. The van der Waals surface area contributed by atoms with E-state index in [1.54, 1.807) is 6.07 Å². The minimum Gasteiger partial charge on any atom is -0.261 e. The predicted molar refractivity (Wildman–Crippen MR) is 53.4 cm³/mol. The van der Waals surface area contributed by atoms with Crippen molar-refractivity contribution in [2.24, 2.45) is 4.99 Å². The molecule has 1 aromatic rings. The van der Waals surface area contributed by atoms with Gasteiger partial charge in [-0.3, -0.25) is 4.99 Å². The largest absolute Gasteiger partial charge is 0.261 e. The summed E-state index contributed by atoms with van der Waals surface area (Å²) in [5.74, 6) is -0.386. The van der Waals surface area contributed by atoms with Crippen molar-refractivity contribution in [3.05, 3.63) is 34.6 Å². The topological polar surface area (TPSA) is 12.4 Å². The summed E-state index contributed by atoms with van der Waals surface area (Å²) < 4.78 is 13.8. The van der Waals surface area contributed by atoms with Gasteiger partial charge in [0.25, 0.3) is 0 Å². The van der Waals surface area contributed by atoms with Gasteiger partial charge in [-0.15, -0.1) is 0 Å². The summed E-state index contributed by atoms with van der Waals surface area (Å²) in [6.07, 6.45) is 1.54. The second-order valence-corrected chi connectivity index (χ2v) is 3.01. The van der Waals surface area contributed by atoms with Gasteiger partial charge in [0.2, 0.25) is 0 Å². The van der Waals surface area contributed by atoms with Gasteiger partial charge in [0, 0.05) is 10.0 Å². The molecule has 0 saturated carbocycles. The lowest BCUT2D eigenvalue weighted by Gasteiger charge is -2.03. The quantitative estimate of drug-likeness (QED) is 0.686. The molecule has 0 radical (unpaired) electrons. The third-order valence-corrected chi connectivity index (χ3v) is 2.17. The molecule has 62 valence electrons. The molecular formula is C9H7BrFN. The number of benzene rings is 1. The predicted octanol–water partition coefficient (Wildman–Crippen LogP) is 3.56. The van der Waals surface area contributed by atoms with E-state index < -0.39 is 0 Å². The van der Waals surface area contributed by atoms with Gasteiger partial charge in [-0.05, 0) is 18.9 Å². The Kier molecular flexibility index (Phi) is 2.76. The molecule has 0 bridgehead atoms. The maximum Gasteiger partial charge on any atom is 0.149 e. The monoisotopic (exact) mass is 227 g/mol. The van der Waals surface area contributed by atoms with Crippen molar-refractivity contribution in [3.63, 3.8) is 0 Å². The maximum absolute atomic E-state index is 13.0. The molecule has 0 N–H and O–H groups in total. The van der Waals surface area contributed by atoms with Gasteiger partial charge >= 0.3 is 0 Å². The second kappa shape index (κ2) is 3.63. The van der Waals surface area contributed by atoms with Crippen LogP contribution in [-0.4, -0.2) is 6.72 Å². The van der Waals surface area contributed by atoms with Crippen LogP contribution in [0.4, 0.5) is 10.1 Å². The van der Waals surface area contributed by atoms with Crippen LogP contribution in [0.3, 0.4) is 0 Å². The normalized spacial score (nSPS) is 9.50. The minimum absolute atomic E-state index is 0.236. The Bertz CT molecular complexity index is 301. The molecular weight excluding hydrogens is 221 g/mol. The van der Waals surface area contributed by atoms with Crippen molar-refractivity contribution in [2.45, 2.75) is 0 Å². The summed E-state index contributed by atoms with van der Waals surface area (Å²) in [7, 11) is 0. The minimum atomic E-state index is -0.386. The van der Waals surface area contributed by atoms with Crippen molar-refractivity contribution in [3.8, 4) is 0 Å². The highest BCUT2D eigenvalue weighted by atomic mass is 79.9. The first kappa shape index (κ1) is 9.13. The molecule has 0 saturated heterocycles. The molecule has 0 heterocycles. The lowest BCUT2D eigenvalue weighted by molar-refractivity contribution is 0.629. The van der Waals surface area contributed by atoms with Gasteiger partial charge in [-0.1, -0.05) is 28.6 Å². The van der Waals surface area contributed by atoms with Gasteiger partial charge < -0.3 is 0 Å². The molecule has 3 heteroatoms. The van der Waals surface area contributed by atoms with E-state index in [1.165, 1.54) is 12.1 Å². The molecule has 0 aliphatic rings. The SMILES string of the molecule is C=Cc1c(Br)ccc(F)c1N=C. The fourth-order valence-electron chi connectivity index (χ4n) is 0.912. The van der Waals surface area contributed by atoms with E-state index in [-0.39, 0.29) is 11.5 Å². The van der Waals surface area contributed by atoms with Gasteiger partial charge in [0.1, 0.15) is 11.5 Å². The number of nitrogens with zero attached hydrogens (tertiary/aromatic N) is 1. The number of hydrogen-bond acceptors (Lipinski definition) is 1. The summed E-state index contributed by atoms with van der Waals surface area (Å²) in [5, 5.41) is 0. The summed E-state index contributed by atoms with van der Waals surface area (Å²) >= 11 is 3.26. The number of rotatable bonds is 2. The van der Waals surface area contributed by atoms with Gasteiger partial charge in [-0.2, -0.15) is 0 Å². The van der Waals surface area contributed by atoms with Crippen LogP contribution in [0.5, 0.6) is 0 Å². The van der Waals surface area contributed by atoms with Gasteiger partial charge in [0.05, 0.1) is 0 Å². The summed E-state index contributed by atoms with van der Waals surface area (Å²) in [6.45, 7) is 6.84. The van der Waals surface area contributed by atoms with E-state index in [0.717, 1.165) is 4.47 Å². The van der Waals surface area contributed by atoms with E-state index in [2.05, 4.69) is 34.2 Å². The summed E-state index contributed by atoms with van der Waals surface area (Å²) in [6, 6.07) is 2.95. The molecule has 0 aromatic heterocycles. The molecule has 0 aliphatic heterocycles. The van der Waals surface area contributed by atoms with Gasteiger partial charge in [-0.25, -0.2) is 4.39 Å². The van der Waals surface area contributed by atoms with Crippen LogP contribution < -0.4 is 0 Å². The van der Waals surface area contributed by atoms with Crippen LogP contribution in [0.25, 0.3) is 6.08 Å². The van der Waals surface area contributed by atoms with Crippen molar-refractivity contribution >= 4 is 34.4 Å². The zero-order chi connectivity index (χ0) is 9.14. The second-order valence-electron chi connectivity index (χ2n) is 2.15. The van der Waals surface area contributed by atoms with Crippen molar-refractivity contribution < 1.29 is 4.39 Å². The lowest BCUT2D eigenvalue weighted by atomic mass is 10.2. The summed E-state index contributed by atoms with van der Waals surface area (Å²) in [4.78, 5) is 3.58. The van der Waals surface area contributed by atoms with E-state index in [9.17, 15) is 4.39 Å². The fraction of sp³-hybridized carbons (Fsp3) is 0. The molecule has 1 rings (SSSR count). The molecule has 1 aromatic carbocycles. The van der Waals surface area contributed by atoms with Crippen LogP contribution in [0, 0.1) is 5.82 Å². The van der Waals surface area contributed by atoms with E-state index in [0.29, 0.717) is 5.56 Å². The molecule has 1 nitrogen and oxygen atoms in total. The Hall–Kier alpha value is -0.960. The molecule has 0 spiro atoms. The summed E-state index contributed by atoms with van der Waals surface area (Å²) in [5.41, 5.74) is 0.865. The highest BCUT2D eigenvalue weighted by Crippen LogP contribution is 2.30. The lowest BCUT2D eigenvalue weighted by Crippen LogP contribution is -1.82. The molecule has 0 aliphatic carbocycles. The Morgan fingerprint density at radius 2 is 2.17 bits per heavy atom. The van der Waals surface area contributed by atoms with Crippen molar-refractivity contribution in [1.29, 1.82) is 0 Å². The number of hydrogen-bond donors (Lipinski definition) is 0. The van der Waals surface area contributed by atoms with Crippen LogP contribution in [-0.2, 0) is 0 Å². The molecule has 0 unspecified atom stereocenters. The first-order valence-electron chi connectivity index (χ1n) is 3.28. The third kappa shape index (κ3) is 1.46. The Labute approximate surface area is 78.8 Å². The zero-order valence-corrected chi connectivity index (χ0v) is 7.94. The first-order chi connectivity index (χ1) is 5.70. The smallest absolute Gasteiger partial charge is 0.149 e. The van der Waals surface area contributed by atoms with Crippen LogP contribution in [0.1, 0.15) is 5.56 Å². The molecule has 0 fully saturated rings. The highest BCUT2D eigenvalue weighted by molar-refractivity contribution is 9.10. The molecule has 0 amide bonds. The van der Waals surface area contributed by atoms with Gasteiger partial charge in [0.15, 0.2) is 0 Å². The molecule has 0 atom stereocenters. The Morgan fingerprint density at radius 3 is 2.58 bits per heavy atom. The van der Waals surface area contributed by atoms with E-state index in [1.807, 2.05) is 0 Å². The number of halogens is 2. The highest BCUT2D eigenvalue weighted by Gasteiger charge is 2.07. The first-order valence-corrected chi connectivity index (χ1v) is 4.07.